The Morgan fingerprint density at radius 3 is 2.00 bits per heavy atom. The van der Waals surface area contributed by atoms with Crippen LogP contribution < -0.4 is 10.6 Å². The van der Waals surface area contributed by atoms with Gasteiger partial charge in [0.25, 0.3) is 5.91 Å². The van der Waals surface area contributed by atoms with E-state index >= 15 is 0 Å². The zero-order chi connectivity index (χ0) is 26.6. The van der Waals surface area contributed by atoms with Crippen molar-refractivity contribution in [3.8, 4) is 5.75 Å². The van der Waals surface area contributed by atoms with Crippen LogP contribution in [0, 0.1) is 5.92 Å². The van der Waals surface area contributed by atoms with E-state index in [4.69, 9.17) is 4.74 Å². The highest BCUT2D eigenvalue weighted by molar-refractivity contribution is 5.98. The maximum absolute atomic E-state index is 13.5. The number of esters is 1. The summed E-state index contributed by atoms with van der Waals surface area (Å²) in [6.07, 6.45) is 1.08. The van der Waals surface area contributed by atoms with Crippen molar-refractivity contribution >= 4 is 17.7 Å². The van der Waals surface area contributed by atoms with Gasteiger partial charge in [-0.05, 0) is 60.7 Å². The van der Waals surface area contributed by atoms with Crippen molar-refractivity contribution in [3.05, 3.63) is 102 Å². The molecule has 3 aromatic carbocycles. The molecule has 0 aliphatic carbocycles. The van der Waals surface area contributed by atoms with Crippen LogP contribution in [0.1, 0.15) is 59.0 Å². The van der Waals surface area contributed by atoms with Crippen molar-refractivity contribution in [2.45, 2.75) is 38.8 Å². The van der Waals surface area contributed by atoms with Gasteiger partial charge in [0.15, 0.2) is 11.8 Å². The van der Waals surface area contributed by atoms with Crippen LogP contribution in [0.5, 0.6) is 5.75 Å². The number of carbonyl (C=O) groups is 3. The molecule has 194 valence electrons. The molecule has 0 aliphatic heterocycles. The van der Waals surface area contributed by atoms with Crippen LogP contribution in [0.3, 0.4) is 0 Å². The minimum atomic E-state index is -0.982. The van der Waals surface area contributed by atoms with Gasteiger partial charge in [-0.3, -0.25) is 9.59 Å². The number of ketones is 1. The maximum atomic E-state index is 13.5. The molecule has 1 unspecified atom stereocenters. The largest absolute Gasteiger partial charge is 0.508 e. The van der Waals surface area contributed by atoms with E-state index in [-0.39, 0.29) is 36.4 Å². The highest BCUT2D eigenvalue weighted by Gasteiger charge is 2.30. The first-order chi connectivity index (χ1) is 17.9. The summed E-state index contributed by atoms with van der Waals surface area (Å²) in [6, 6.07) is 22.8. The second-order valence-electron chi connectivity index (χ2n) is 8.84. The average Bonchev–Trinajstić information content (AvgIpc) is 2.93. The van der Waals surface area contributed by atoms with Gasteiger partial charge in [0.05, 0.1) is 6.54 Å². The molecule has 3 aromatic rings. The lowest BCUT2D eigenvalue weighted by molar-refractivity contribution is -0.154. The molecule has 7 heteroatoms. The fraction of sp³-hybridized carbons (Fsp3) is 0.300. The summed E-state index contributed by atoms with van der Waals surface area (Å²) in [4.78, 5) is 38.9. The Morgan fingerprint density at radius 1 is 0.811 bits per heavy atom. The molecule has 0 saturated carbocycles. The van der Waals surface area contributed by atoms with Crippen LogP contribution in [0.4, 0.5) is 0 Å². The molecular weight excluding hydrogens is 468 g/mol. The molecule has 0 spiro atoms. The van der Waals surface area contributed by atoms with Crippen LogP contribution in [0.25, 0.3) is 0 Å². The van der Waals surface area contributed by atoms with Crippen molar-refractivity contribution in [1.82, 2.24) is 10.6 Å². The Bertz CT molecular complexity index is 1150. The van der Waals surface area contributed by atoms with Gasteiger partial charge < -0.3 is 20.5 Å². The van der Waals surface area contributed by atoms with E-state index in [1.54, 1.807) is 60.7 Å². The van der Waals surface area contributed by atoms with Gasteiger partial charge in [0.1, 0.15) is 11.9 Å². The fourth-order valence-electron chi connectivity index (χ4n) is 4.14. The van der Waals surface area contributed by atoms with Gasteiger partial charge in [-0.15, -0.1) is 0 Å². The first kappa shape index (κ1) is 27.6. The topological polar surface area (TPSA) is 105 Å². The molecule has 0 fully saturated rings. The van der Waals surface area contributed by atoms with Crippen LogP contribution in [-0.2, 0) is 9.53 Å². The molecule has 0 saturated heterocycles. The van der Waals surface area contributed by atoms with Gasteiger partial charge in [0, 0.05) is 17.7 Å². The monoisotopic (exact) mass is 502 g/mol. The Labute approximate surface area is 217 Å². The van der Waals surface area contributed by atoms with Gasteiger partial charge in [-0.25, -0.2) is 4.79 Å². The summed E-state index contributed by atoms with van der Waals surface area (Å²) in [7, 11) is 0. The minimum Gasteiger partial charge on any atom is -0.508 e. The second-order valence-corrected chi connectivity index (χ2v) is 8.84. The SMILES string of the molecule is CCC(CC)[C@H](CNCC(=O)c1ccc(O)cc1)OC(=O)C(NC(=O)c1ccccc1)c1ccccc1. The Morgan fingerprint density at radius 2 is 1.41 bits per heavy atom. The predicted molar refractivity (Wildman–Crippen MR) is 142 cm³/mol. The van der Waals surface area contributed by atoms with Crippen molar-refractivity contribution in [2.75, 3.05) is 13.1 Å². The van der Waals surface area contributed by atoms with E-state index in [1.165, 1.54) is 12.1 Å². The molecule has 0 bridgehead atoms. The zero-order valence-corrected chi connectivity index (χ0v) is 21.2. The molecule has 2 atom stereocenters. The smallest absolute Gasteiger partial charge is 0.333 e. The first-order valence-corrected chi connectivity index (χ1v) is 12.6. The number of hydrogen-bond acceptors (Lipinski definition) is 6. The van der Waals surface area contributed by atoms with Crippen molar-refractivity contribution in [1.29, 1.82) is 0 Å². The van der Waals surface area contributed by atoms with E-state index in [0.717, 1.165) is 12.8 Å². The van der Waals surface area contributed by atoms with E-state index in [9.17, 15) is 19.5 Å². The molecule has 1 amide bonds. The summed E-state index contributed by atoms with van der Waals surface area (Å²) in [5, 5.41) is 15.4. The van der Waals surface area contributed by atoms with E-state index < -0.39 is 18.1 Å². The number of hydrogen-bond donors (Lipinski definition) is 3. The van der Waals surface area contributed by atoms with Gasteiger partial charge in [0.2, 0.25) is 0 Å². The summed E-state index contributed by atoms with van der Waals surface area (Å²) >= 11 is 0. The molecule has 7 nitrogen and oxygen atoms in total. The van der Waals surface area contributed by atoms with E-state index in [2.05, 4.69) is 10.6 Å². The van der Waals surface area contributed by atoms with Crippen LogP contribution in [0.15, 0.2) is 84.9 Å². The fourth-order valence-corrected chi connectivity index (χ4v) is 4.14. The number of Topliss-reactive ketones (excluding diaryl/α,β-unsaturated/α-hetero) is 1. The molecule has 3 N–H and O–H groups in total. The number of phenols is 1. The number of ether oxygens (including phenoxy) is 1. The van der Waals surface area contributed by atoms with Gasteiger partial charge in [-0.1, -0.05) is 62.4 Å². The van der Waals surface area contributed by atoms with Crippen LogP contribution in [0.2, 0.25) is 0 Å². The van der Waals surface area contributed by atoms with Crippen molar-refractivity contribution in [2.24, 2.45) is 5.92 Å². The first-order valence-electron chi connectivity index (χ1n) is 12.6. The lowest BCUT2D eigenvalue weighted by Gasteiger charge is -2.28. The summed E-state index contributed by atoms with van der Waals surface area (Å²) in [5.74, 6) is -0.895. The summed E-state index contributed by atoms with van der Waals surface area (Å²) in [6.45, 7) is 4.41. The molecule has 0 aromatic heterocycles. The summed E-state index contributed by atoms with van der Waals surface area (Å²) in [5.41, 5.74) is 1.55. The molecule has 0 aliphatic rings. The van der Waals surface area contributed by atoms with E-state index in [1.807, 2.05) is 26.0 Å². The molecule has 37 heavy (non-hydrogen) atoms. The van der Waals surface area contributed by atoms with Gasteiger partial charge in [-0.2, -0.15) is 0 Å². The van der Waals surface area contributed by atoms with Gasteiger partial charge >= 0.3 is 5.97 Å². The number of nitrogens with one attached hydrogen (secondary N) is 2. The third kappa shape index (κ3) is 8.02. The van der Waals surface area contributed by atoms with Crippen LogP contribution in [-0.4, -0.2) is 42.0 Å². The Balaban J connectivity index is 1.72. The third-order valence-electron chi connectivity index (χ3n) is 6.34. The quantitative estimate of drug-likeness (QED) is 0.232. The van der Waals surface area contributed by atoms with E-state index in [0.29, 0.717) is 16.7 Å². The van der Waals surface area contributed by atoms with Crippen molar-refractivity contribution in [3.63, 3.8) is 0 Å². The standard InChI is InChI=1S/C30H34N2O5/c1-3-21(4-2)27(20-31-19-26(34)22-15-17-25(33)18-16-22)37-30(36)28(23-11-7-5-8-12-23)32-29(35)24-13-9-6-10-14-24/h5-18,21,27-28,31,33H,3-4,19-20H2,1-2H3,(H,32,35)/t27-,28?/m0/s1. The normalized spacial score (nSPS) is 12.5. The Hall–Kier alpha value is -3.97. The molecule has 0 radical (unpaired) electrons. The Kier molecular flexibility index (Phi) is 10.4. The lowest BCUT2D eigenvalue weighted by atomic mass is 9.96. The highest BCUT2D eigenvalue weighted by atomic mass is 16.5. The highest BCUT2D eigenvalue weighted by Crippen LogP contribution is 2.21. The lowest BCUT2D eigenvalue weighted by Crippen LogP contribution is -2.42. The number of amides is 1. The third-order valence-corrected chi connectivity index (χ3v) is 6.34. The predicted octanol–water partition coefficient (Wildman–Crippen LogP) is 4.68. The maximum Gasteiger partial charge on any atom is 0.333 e. The number of benzene rings is 3. The van der Waals surface area contributed by atoms with Crippen LogP contribution >= 0.6 is 0 Å². The molecule has 0 heterocycles. The number of rotatable bonds is 13. The number of carbonyl (C=O) groups excluding carboxylic acids is 3. The summed E-state index contributed by atoms with van der Waals surface area (Å²) < 4.78 is 5.99. The molecule has 3 rings (SSSR count). The number of aromatic hydroxyl groups is 1. The molecular formula is C30H34N2O5. The minimum absolute atomic E-state index is 0.0613. The van der Waals surface area contributed by atoms with Crippen molar-refractivity contribution < 1.29 is 24.2 Å². The number of phenolic OH excluding ortho intramolecular Hbond substituents is 1. The average molecular weight is 503 g/mol. The second kappa shape index (κ2) is 13.9. The zero-order valence-electron chi connectivity index (χ0n) is 21.2.